The third-order valence-corrected chi connectivity index (χ3v) is 6.71. The quantitative estimate of drug-likeness (QED) is 0.345. The summed E-state index contributed by atoms with van der Waals surface area (Å²) in [5, 5.41) is 1.10. The van der Waals surface area contributed by atoms with Gasteiger partial charge >= 0.3 is 200 Å². The van der Waals surface area contributed by atoms with Crippen LogP contribution in [0, 0.1) is 0 Å². The molecule has 0 aromatic heterocycles. The zero-order valence-corrected chi connectivity index (χ0v) is 18.0. The maximum absolute atomic E-state index is 2.44. The number of rotatable bonds is 7. The molecule has 0 fully saturated rings. The van der Waals surface area contributed by atoms with Gasteiger partial charge in [0.1, 0.15) is 0 Å². The third-order valence-electron chi connectivity index (χ3n) is 6.71. The summed E-state index contributed by atoms with van der Waals surface area (Å²) < 4.78 is -0.242. The van der Waals surface area contributed by atoms with Gasteiger partial charge in [-0.3, -0.25) is 0 Å². The fourth-order valence-corrected chi connectivity index (χ4v) is 5.31. The Morgan fingerprint density at radius 2 is 0.767 bits per heavy atom. The van der Waals surface area contributed by atoms with E-state index in [-0.39, 0.29) is 9.50 Å². The van der Waals surface area contributed by atoms with Crippen LogP contribution in [0.3, 0.4) is 0 Å². The van der Waals surface area contributed by atoms with Gasteiger partial charge in [-0.2, -0.15) is 0 Å². The van der Waals surface area contributed by atoms with Crippen LogP contribution in [0.5, 0.6) is 0 Å². The summed E-state index contributed by atoms with van der Waals surface area (Å²) in [6.45, 7) is 0. The van der Waals surface area contributed by atoms with E-state index in [9.17, 15) is 0 Å². The van der Waals surface area contributed by atoms with Crippen LogP contribution in [0.1, 0.15) is 28.7 Å². The van der Waals surface area contributed by atoms with Gasteiger partial charge in [0.25, 0.3) is 0 Å². The van der Waals surface area contributed by atoms with Gasteiger partial charge in [-0.15, -0.1) is 0 Å². The molecular formula is C28H24Li2. The van der Waals surface area contributed by atoms with Crippen LogP contribution in [0.4, 0.5) is 0 Å². The normalized spacial score (nSPS) is 12.0. The van der Waals surface area contributed by atoms with Crippen LogP contribution in [-0.4, -0.2) is 35.4 Å². The Kier molecular flexibility index (Phi) is 6.73. The van der Waals surface area contributed by atoms with Crippen molar-refractivity contribution in [3.05, 3.63) is 144 Å². The van der Waals surface area contributed by atoms with Gasteiger partial charge in [-0.25, -0.2) is 0 Å². The van der Waals surface area contributed by atoms with Gasteiger partial charge < -0.3 is 0 Å². The number of benzene rings is 4. The molecule has 2 heteroatoms. The molecule has 0 bridgehead atoms. The zero-order chi connectivity index (χ0) is 20.9. The minimum absolute atomic E-state index is 0.201. The van der Waals surface area contributed by atoms with Crippen molar-refractivity contribution < 1.29 is 0 Å². The van der Waals surface area contributed by atoms with Crippen molar-refractivity contribution in [2.24, 2.45) is 0 Å². The zero-order valence-electron chi connectivity index (χ0n) is 18.0. The first-order valence-corrected chi connectivity index (χ1v) is 11.0. The number of hydrogen-bond acceptors (Lipinski definition) is 0. The van der Waals surface area contributed by atoms with E-state index < -0.39 is 0 Å². The Labute approximate surface area is 199 Å². The van der Waals surface area contributed by atoms with E-state index in [0.29, 0.717) is 0 Å². The molecule has 0 radical (unpaired) electrons. The molecule has 0 saturated heterocycles. The summed E-state index contributed by atoms with van der Waals surface area (Å²) in [4.78, 5) is 0. The summed E-state index contributed by atoms with van der Waals surface area (Å²) in [5.74, 6) is 0. The fourth-order valence-electron chi connectivity index (χ4n) is 5.31. The van der Waals surface area contributed by atoms with Crippen molar-refractivity contribution >= 4 is 35.4 Å². The molecule has 0 heterocycles. The first-order chi connectivity index (χ1) is 14.7. The van der Waals surface area contributed by atoms with Crippen molar-refractivity contribution in [1.29, 1.82) is 0 Å². The van der Waals surface area contributed by atoms with E-state index >= 15 is 0 Å². The molecule has 138 valence electrons. The Morgan fingerprint density at radius 1 is 0.467 bits per heavy atom. The van der Waals surface area contributed by atoms with Crippen molar-refractivity contribution in [1.82, 2.24) is 0 Å². The van der Waals surface area contributed by atoms with E-state index in [4.69, 9.17) is 0 Å². The second kappa shape index (κ2) is 9.48. The van der Waals surface area contributed by atoms with Crippen molar-refractivity contribution in [3.8, 4) is 0 Å². The van der Waals surface area contributed by atoms with Gasteiger partial charge in [0.15, 0.2) is 0 Å². The predicted octanol–water partition coefficient (Wildman–Crippen LogP) is 6.06. The SMILES string of the molecule is [Li][CH2]CC(c1ccccc1)(c1ccccc1)[C]([Li])(c1ccccc1)c1ccccc1. The minimum atomic E-state index is -0.242. The summed E-state index contributed by atoms with van der Waals surface area (Å²) in [7, 11) is 0. The van der Waals surface area contributed by atoms with Crippen LogP contribution in [0.15, 0.2) is 121 Å². The van der Waals surface area contributed by atoms with E-state index in [1.165, 1.54) is 22.3 Å². The molecule has 4 aromatic rings. The summed E-state index contributed by atoms with van der Waals surface area (Å²) in [6, 6.07) is 44.3. The molecule has 0 nitrogen and oxygen atoms in total. The van der Waals surface area contributed by atoms with E-state index in [2.05, 4.69) is 157 Å². The second-order valence-corrected chi connectivity index (χ2v) is 8.24. The molecule has 4 rings (SSSR count). The van der Waals surface area contributed by atoms with E-state index in [0.717, 1.165) is 11.5 Å². The van der Waals surface area contributed by atoms with Gasteiger partial charge in [0, 0.05) is 0 Å². The monoisotopic (exact) mass is 374 g/mol. The average Bonchev–Trinajstić information content (AvgIpc) is 2.84. The van der Waals surface area contributed by atoms with Gasteiger partial charge in [-0.05, 0) is 0 Å². The Balaban J connectivity index is 2.14. The Bertz CT molecular complexity index is 966. The molecule has 0 aliphatic carbocycles. The van der Waals surface area contributed by atoms with Gasteiger partial charge in [-0.1, -0.05) is 0 Å². The fraction of sp³-hybridized carbons (Fsp3) is 0.143. The van der Waals surface area contributed by atoms with Crippen LogP contribution in [-0.2, 0) is 9.50 Å². The molecule has 0 N–H and O–H groups in total. The molecule has 30 heavy (non-hydrogen) atoms. The second-order valence-electron chi connectivity index (χ2n) is 8.24. The van der Waals surface area contributed by atoms with Crippen LogP contribution in [0.2, 0.25) is 5.09 Å². The molecule has 0 atom stereocenters. The molecule has 0 saturated carbocycles. The van der Waals surface area contributed by atoms with Crippen molar-refractivity contribution in [2.45, 2.75) is 21.0 Å². The summed E-state index contributed by atoms with van der Waals surface area (Å²) in [5.41, 5.74) is 5.23. The molecule has 0 unspecified atom stereocenters. The molecule has 4 aromatic carbocycles. The van der Waals surface area contributed by atoms with Crippen molar-refractivity contribution in [3.63, 3.8) is 0 Å². The molecule has 0 aliphatic rings. The van der Waals surface area contributed by atoms with E-state index in [1.54, 1.807) is 0 Å². The predicted molar refractivity (Wildman–Crippen MR) is 128 cm³/mol. The van der Waals surface area contributed by atoms with E-state index in [1.807, 2.05) is 0 Å². The molecule has 0 amide bonds. The van der Waals surface area contributed by atoms with Crippen LogP contribution >= 0.6 is 0 Å². The standard InChI is InChI=1S/C28H24.2Li/c1-2-28(25-19-11-5-12-20-25,26-21-13-6-14-22-26)27(23-15-7-3-8-16-23)24-17-9-4-10-18-24;;/h3-22H,1-2H2;;. The maximum atomic E-state index is 2.44. The topological polar surface area (TPSA) is 0 Å². The van der Waals surface area contributed by atoms with Crippen LogP contribution < -0.4 is 0 Å². The third kappa shape index (κ3) is 3.64. The first-order valence-electron chi connectivity index (χ1n) is 11.0. The number of hydrogen-bond donors (Lipinski definition) is 0. The van der Waals surface area contributed by atoms with Gasteiger partial charge in [0.2, 0.25) is 0 Å². The summed E-state index contributed by atoms with van der Waals surface area (Å²) >= 11 is 4.74. The van der Waals surface area contributed by atoms with Crippen molar-refractivity contribution in [2.75, 3.05) is 0 Å². The average molecular weight is 374 g/mol. The Hall–Kier alpha value is -1.93. The Morgan fingerprint density at radius 3 is 1.07 bits per heavy atom. The first kappa shape index (κ1) is 21.3. The molecule has 0 aliphatic heterocycles. The molecular weight excluding hydrogens is 350 g/mol. The summed E-state index contributed by atoms with van der Waals surface area (Å²) in [6.07, 6.45) is 1.06. The van der Waals surface area contributed by atoms with Crippen LogP contribution in [0.25, 0.3) is 0 Å². The molecule has 0 spiro atoms. The van der Waals surface area contributed by atoms with Gasteiger partial charge in [0.05, 0.1) is 0 Å².